The number of nitrogens with two attached hydrogens (primary N) is 1. The van der Waals surface area contributed by atoms with Gasteiger partial charge in [0.15, 0.2) is 5.65 Å². The normalized spacial score (nSPS) is 23.1. The third kappa shape index (κ3) is 2.95. The Bertz CT molecular complexity index is 1190. The number of anilines is 1. The minimum atomic E-state index is 0.456. The molecule has 3 aromatic heterocycles. The summed E-state index contributed by atoms with van der Waals surface area (Å²) in [5.41, 5.74) is 12.3. The summed E-state index contributed by atoms with van der Waals surface area (Å²) in [7, 11) is 0. The Morgan fingerprint density at radius 3 is 2.47 bits per heavy atom. The molecule has 2 aliphatic rings. The zero-order valence-corrected chi connectivity index (χ0v) is 16.7. The van der Waals surface area contributed by atoms with Crippen LogP contribution in [0.5, 0.6) is 0 Å². The van der Waals surface area contributed by atoms with Crippen molar-refractivity contribution in [2.75, 3.05) is 5.73 Å². The second-order valence-electron chi connectivity index (χ2n) is 8.50. The molecule has 5 heterocycles. The molecule has 6 heteroatoms. The van der Waals surface area contributed by atoms with E-state index in [4.69, 9.17) is 10.7 Å². The van der Waals surface area contributed by atoms with Crippen molar-refractivity contribution in [2.45, 2.75) is 43.7 Å². The van der Waals surface area contributed by atoms with Gasteiger partial charge in [0.2, 0.25) is 0 Å². The van der Waals surface area contributed by atoms with Crippen molar-refractivity contribution in [1.82, 2.24) is 24.9 Å². The fraction of sp³-hybridized carbons (Fsp3) is 0.292. The van der Waals surface area contributed by atoms with Crippen LogP contribution in [0.2, 0.25) is 0 Å². The number of piperidine rings is 1. The number of fused-ring (bicyclic) bond motifs is 3. The number of nitrogens with zero attached hydrogens (tertiary/aromatic N) is 4. The molecule has 3 N–H and O–H groups in total. The van der Waals surface area contributed by atoms with E-state index in [1.807, 2.05) is 42.7 Å². The molecule has 2 saturated heterocycles. The van der Waals surface area contributed by atoms with Crippen LogP contribution in [-0.4, -0.2) is 31.7 Å². The molecule has 6 nitrogen and oxygen atoms in total. The highest BCUT2D eigenvalue weighted by molar-refractivity contribution is 5.78. The van der Waals surface area contributed by atoms with Crippen LogP contribution in [0.3, 0.4) is 0 Å². The van der Waals surface area contributed by atoms with Gasteiger partial charge >= 0.3 is 0 Å². The number of aromatic nitrogens is 4. The van der Waals surface area contributed by atoms with Crippen LogP contribution in [0.1, 0.15) is 37.3 Å². The van der Waals surface area contributed by atoms with Crippen molar-refractivity contribution in [3.8, 4) is 22.4 Å². The Morgan fingerprint density at radius 2 is 1.73 bits per heavy atom. The fourth-order valence-corrected chi connectivity index (χ4v) is 5.05. The quantitative estimate of drug-likeness (QED) is 0.546. The molecule has 0 amide bonds. The standard InChI is InChI=1S/C24H24N6/c25-23-12-22(17-10-18-7-8-19(11-17)28-18)29-24-20(14-27-30(23)24)16-6-9-21(26-13-16)15-4-2-1-3-5-15/h1-6,9,12-14,17-19,28H,7-8,10-11,25H2/t17?,18-,19+. The number of hydrogen-bond acceptors (Lipinski definition) is 5. The van der Waals surface area contributed by atoms with Crippen molar-refractivity contribution in [2.24, 2.45) is 0 Å². The highest BCUT2D eigenvalue weighted by atomic mass is 15.3. The van der Waals surface area contributed by atoms with Crippen LogP contribution in [0.15, 0.2) is 60.9 Å². The van der Waals surface area contributed by atoms with Gasteiger partial charge in [-0.2, -0.15) is 9.61 Å². The van der Waals surface area contributed by atoms with Gasteiger partial charge < -0.3 is 11.1 Å². The molecule has 1 unspecified atom stereocenters. The van der Waals surface area contributed by atoms with Crippen molar-refractivity contribution >= 4 is 11.5 Å². The summed E-state index contributed by atoms with van der Waals surface area (Å²) < 4.78 is 1.74. The Balaban J connectivity index is 1.38. The summed E-state index contributed by atoms with van der Waals surface area (Å²) in [5, 5.41) is 8.20. The number of nitrogens with one attached hydrogen (secondary N) is 1. The number of rotatable bonds is 3. The van der Waals surface area contributed by atoms with Gasteiger partial charge in [-0.05, 0) is 31.7 Å². The lowest BCUT2D eigenvalue weighted by Crippen LogP contribution is -2.37. The van der Waals surface area contributed by atoms with Gasteiger partial charge in [0.05, 0.1) is 11.9 Å². The zero-order chi connectivity index (χ0) is 20.1. The van der Waals surface area contributed by atoms with Crippen LogP contribution in [0.4, 0.5) is 5.82 Å². The lowest BCUT2D eigenvalue weighted by atomic mass is 9.89. The zero-order valence-electron chi connectivity index (χ0n) is 16.7. The highest BCUT2D eigenvalue weighted by Crippen LogP contribution is 2.37. The number of nitrogen functional groups attached to an aromatic ring is 1. The minimum Gasteiger partial charge on any atom is -0.384 e. The van der Waals surface area contributed by atoms with Crippen molar-refractivity contribution < 1.29 is 0 Å². The number of benzene rings is 1. The Labute approximate surface area is 175 Å². The van der Waals surface area contributed by atoms with Gasteiger partial charge in [-0.25, -0.2) is 4.98 Å². The van der Waals surface area contributed by atoms with Crippen LogP contribution in [0.25, 0.3) is 28.0 Å². The molecule has 4 aromatic rings. The van der Waals surface area contributed by atoms with E-state index in [0.29, 0.717) is 23.8 Å². The van der Waals surface area contributed by atoms with E-state index < -0.39 is 0 Å². The molecule has 0 saturated carbocycles. The lowest BCUT2D eigenvalue weighted by molar-refractivity contribution is 0.359. The minimum absolute atomic E-state index is 0.456. The summed E-state index contributed by atoms with van der Waals surface area (Å²) in [6.45, 7) is 0. The topological polar surface area (TPSA) is 81.1 Å². The Kier molecular flexibility index (Phi) is 4.06. The Hall–Kier alpha value is -3.25. The van der Waals surface area contributed by atoms with Gasteiger partial charge in [-0.1, -0.05) is 36.4 Å². The Morgan fingerprint density at radius 1 is 0.933 bits per heavy atom. The average molecular weight is 396 g/mol. The molecule has 0 aliphatic carbocycles. The van der Waals surface area contributed by atoms with Crippen LogP contribution in [-0.2, 0) is 0 Å². The molecule has 30 heavy (non-hydrogen) atoms. The maximum Gasteiger partial charge on any atom is 0.165 e. The van der Waals surface area contributed by atoms with Gasteiger partial charge in [0.1, 0.15) is 5.82 Å². The first-order valence-electron chi connectivity index (χ1n) is 10.7. The second kappa shape index (κ2) is 6.92. The van der Waals surface area contributed by atoms with Crippen LogP contribution < -0.4 is 11.1 Å². The molecule has 150 valence electrons. The number of pyridine rings is 1. The first-order chi connectivity index (χ1) is 14.7. The lowest BCUT2D eigenvalue weighted by Gasteiger charge is -2.28. The molecule has 1 aromatic carbocycles. The summed E-state index contributed by atoms with van der Waals surface area (Å²) in [4.78, 5) is 9.71. The largest absolute Gasteiger partial charge is 0.384 e. The summed E-state index contributed by atoms with van der Waals surface area (Å²) in [5.74, 6) is 1.10. The van der Waals surface area contributed by atoms with Crippen LogP contribution >= 0.6 is 0 Å². The maximum atomic E-state index is 6.37. The smallest absolute Gasteiger partial charge is 0.165 e. The van der Waals surface area contributed by atoms with Gasteiger partial charge in [0.25, 0.3) is 0 Å². The molecule has 2 aliphatic heterocycles. The van der Waals surface area contributed by atoms with E-state index in [-0.39, 0.29) is 0 Å². The summed E-state index contributed by atoms with van der Waals surface area (Å²) in [6, 6.07) is 17.6. The maximum absolute atomic E-state index is 6.37. The van der Waals surface area contributed by atoms with E-state index in [1.54, 1.807) is 4.52 Å². The second-order valence-corrected chi connectivity index (χ2v) is 8.50. The highest BCUT2D eigenvalue weighted by Gasteiger charge is 2.35. The van der Waals surface area contributed by atoms with E-state index in [2.05, 4.69) is 33.6 Å². The van der Waals surface area contributed by atoms with E-state index >= 15 is 0 Å². The summed E-state index contributed by atoms with van der Waals surface area (Å²) in [6.07, 6.45) is 8.56. The van der Waals surface area contributed by atoms with Crippen molar-refractivity contribution in [1.29, 1.82) is 0 Å². The molecule has 0 spiro atoms. The van der Waals surface area contributed by atoms with Gasteiger partial charge in [-0.3, -0.25) is 4.98 Å². The molecule has 2 bridgehead atoms. The van der Waals surface area contributed by atoms with Crippen molar-refractivity contribution in [3.05, 3.63) is 66.6 Å². The summed E-state index contributed by atoms with van der Waals surface area (Å²) >= 11 is 0. The molecule has 6 rings (SSSR count). The van der Waals surface area contributed by atoms with E-state index in [9.17, 15) is 0 Å². The van der Waals surface area contributed by atoms with Gasteiger partial charge in [-0.15, -0.1) is 0 Å². The first kappa shape index (κ1) is 17.6. The molecule has 0 radical (unpaired) electrons. The SMILES string of the molecule is Nc1cc(C2C[C@H]3CC[C@@H](C2)N3)nc2c(-c3ccc(-c4ccccc4)nc3)cnn12. The molecule has 3 atom stereocenters. The van der Waals surface area contributed by atoms with Gasteiger partial charge in [0, 0.05) is 52.6 Å². The van der Waals surface area contributed by atoms with Crippen molar-refractivity contribution in [3.63, 3.8) is 0 Å². The predicted octanol–water partition coefficient (Wildman–Crippen LogP) is 4.04. The molecular weight excluding hydrogens is 372 g/mol. The average Bonchev–Trinajstić information content (AvgIpc) is 3.37. The van der Waals surface area contributed by atoms with Crippen LogP contribution in [0, 0.1) is 0 Å². The van der Waals surface area contributed by atoms with E-state index in [1.165, 1.54) is 12.8 Å². The third-order valence-corrected chi connectivity index (χ3v) is 6.55. The first-order valence-corrected chi connectivity index (χ1v) is 10.7. The fourth-order valence-electron chi connectivity index (χ4n) is 5.05. The molecule has 2 fully saturated rings. The van der Waals surface area contributed by atoms with E-state index in [0.717, 1.165) is 46.6 Å². The number of hydrogen-bond donors (Lipinski definition) is 2. The third-order valence-electron chi connectivity index (χ3n) is 6.55. The molecular formula is C24H24N6. The predicted molar refractivity (Wildman–Crippen MR) is 118 cm³/mol. The monoisotopic (exact) mass is 396 g/mol.